The second kappa shape index (κ2) is 6.06. The Hall–Kier alpha value is -1.55. The van der Waals surface area contributed by atoms with Crippen molar-refractivity contribution in [3.8, 4) is 0 Å². The number of anilines is 2. The van der Waals surface area contributed by atoms with Crippen LogP contribution in [-0.4, -0.2) is 30.9 Å². The molecule has 1 saturated carbocycles. The standard InChI is InChI=1S/C15H23N3O/c1-11-8-12(11)10-18(2)7-6-15(19)17-14-5-3-4-13(16)9-14/h3-5,9,11-12H,6-8,10,16H2,1-2H3,(H,17,19). The summed E-state index contributed by atoms with van der Waals surface area (Å²) in [5.74, 6) is 1.74. The SMILES string of the molecule is CC1CC1CN(C)CCC(=O)Nc1cccc(N)c1. The van der Waals surface area contributed by atoms with E-state index < -0.39 is 0 Å². The molecule has 1 amide bonds. The number of nitrogens with two attached hydrogens (primary N) is 1. The summed E-state index contributed by atoms with van der Waals surface area (Å²) >= 11 is 0. The highest BCUT2D eigenvalue weighted by molar-refractivity contribution is 5.91. The first-order valence-corrected chi connectivity index (χ1v) is 6.88. The van der Waals surface area contributed by atoms with E-state index in [1.807, 2.05) is 12.1 Å². The third kappa shape index (κ3) is 4.56. The lowest BCUT2D eigenvalue weighted by Crippen LogP contribution is -2.26. The van der Waals surface area contributed by atoms with Crippen molar-refractivity contribution in [2.24, 2.45) is 11.8 Å². The Morgan fingerprint density at radius 3 is 2.89 bits per heavy atom. The van der Waals surface area contributed by atoms with Gasteiger partial charge in [-0.1, -0.05) is 13.0 Å². The van der Waals surface area contributed by atoms with Crippen LogP contribution in [0.25, 0.3) is 0 Å². The molecule has 0 bridgehead atoms. The van der Waals surface area contributed by atoms with Crippen LogP contribution in [0.4, 0.5) is 11.4 Å². The van der Waals surface area contributed by atoms with Crippen molar-refractivity contribution in [3.05, 3.63) is 24.3 Å². The Bertz CT molecular complexity index is 447. The fourth-order valence-electron chi connectivity index (χ4n) is 2.28. The van der Waals surface area contributed by atoms with E-state index in [1.54, 1.807) is 12.1 Å². The highest BCUT2D eigenvalue weighted by atomic mass is 16.1. The number of nitrogen functional groups attached to an aromatic ring is 1. The van der Waals surface area contributed by atoms with Crippen LogP contribution in [0.5, 0.6) is 0 Å². The van der Waals surface area contributed by atoms with Gasteiger partial charge >= 0.3 is 0 Å². The number of carbonyl (C=O) groups is 1. The van der Waals surface area contributed by atoms with Crippen molar-refractivity contribution in [3.63, 3.8) is 0 Å². The van der Waals surface area contributed by atoms with Crippen LogP contribution in [0.2, 0.25) is 0 Å². The summed E-state index contributed by atoms with van der Waals surface area (Å²) in [6, 6.07) is 7.27. The lowest BCUT2D eigenvalue weighted by Gasteiger charge is -2.16. The summed E-state index contributed by atoms with van der Waals surface area (Å²) in [4.78, 5) is 14.1. The molecule has 104 valence electrons. The molecule has 2 unspecified atom stereocenters. The zero-order chi connectivity index (χ0) is 13.8. The molecule has 4 heteroatoms. The van der Waals surface area contributed by atoms with E-state index in [9.17, 15) is 4.79 Å². The lowest BCUT2D eigenvalue weighted by molar-refractivity contribution is -0.116. The molecule has 2 atom stereocenters. The molecule has 0 aromatic heterocycles. The zero-order valence-electron chi connectivity index (χ0n) is 11.7. The first-order valence-electron chi connectivity index (χ1n) is 6.88. The first kappa shape index (κ1) is 13.9. The molecule has 1 fully saturated rings. The second-order valence-electron chi connectivity index (χ2n) is 5.66. The van der Waals surface area contributed by atoms with Gasteiger partial charge in [0.15, 0.2) is 0 Å². The third-order valence-electron chi connectivity index (χ3n) is 3.71. The van der Waals surface area contributed by atoms with Crippen molar-refractivity contribution in [1.82, 2.24) is 4.90 Å². The summed E-state index contributed by atoms with van der Waals surface area (Å²) in [6.07, 6.45) is 1.85. The molecule has 2 rings (SSSR count). The maximum atomic E-state index is 11.8. The van der Waals surface area contributed by atoms with E-state index in [2.05, 4.69) is 24.2 Å². The van der Waals surface area contributed by atoms with E-state index in [0.29, 0.717) is 12.1 Å². The van der Waals surface area contributed by atoms with Crippen LogP contribution in [0, 0.1) is 11.8 Å². The predicted octanol–water partition coefficient (Wildman–Crippen LogP) is 2.19. The fraction of sp³-hybridized carbons (Fsp3) is 0.533. The van der Waals surface area contributed by atoms with E-state index in [4.69, 9.17) is 5.73 Å². The van der Waals surface area contributed by atoms with Gasteiger partial charge in [-0.3, -0.25) is 4.79 Å². The predicted molar refractivity (Wildman–Crippen MR) is 78.9 cm³/mol. The Morgan fingerprint density at radius 2 is 2.26 bits per heavy atom. The fourth-order valence-corrected chi connectivity index (χ4v) is 2.28. The monoisotopic (exact) mass is 261 g/mol. The maximum Gasteiger partial charge on any atom is 0.225 e. The largest absolute Gasteiger partial charge is 0.399 e. The minimum absolute atomic E-state index is 0.0429. The van der Waals surface area contributed by atoms with Gasteiger partial charge in [-0.2, -0.15) is 0 Å². The minimum atomic E-state index is 0.0429. The molecule has 1 aromatic rings. The lowest BCUT2D eigenvalue weighted by atomic mass is 10.2. The molecule has 0 radical (unpaired) electrons. The smallest absolute Gasteiger partial charge is 0.225 e. The van der Waals surface area contributed by atoms with Crippen LogP contribution in [0.1, 0.15) is 19.8 Å². The van der Waals surface area contributed by atoms with Gasteiger partial charge in [-0.05, 0) is 43.5 Å². The maximum absolute atomic E-state index is 11.8. The molecular weight excluding hydrogens is 238 g/mol. The zero-order valence-corrected chi connectivity index (χ0v) is 11.7. The summed E-state index contributed by atoms with van der Waals surface area (Å²) in [5.41, 5.74) is 7.10. The van der Waals surface area contributed by atoms with Gasteiger partial charge in [-0.15, -0.1) is 0 Å². The number of nitrogens with one attached hydrogen (secondary N) is 1. The Labute approximate surface area is 115 Å². The third-order valence-corrected chi connectivity index (χ3v) is 3.71. The van der Waals surface area contributed by atoms with Gasteiger partial charge < -0.3 is 16.0 Å². The molecular formula is C15H23N3O. The molecule has 0 heterocycles. The van der Waals surface area contributed by atoms with Crippen molar-refractivity contribution >= 4 is 17.3 Å². The molecule has 1 aliphatic carbocycles. The molecule has 0 aliphatic heterocycles. The van der Waals surface area contributed by atoms with Crippen LogP contribution in [0.3, 0.4) is 0 Å². The van der Waals surface area contributed by atoms with Gasteiger partial charge in [0.25, 0.3) is 0 Å². The van der Waals surface area contributed by atoms with Crippen molar-refractivity contribution in [1.29, 1.82) is 0 Å². The van der Waals surface area contributed by atoms with Crippen LogP contribution >= 0.6 is 0 Å². The van der Waals surface area contributed by atoms with Crippen molar-refractivity contribution in [2.45, 2.75) is 19.8 Å². The minimum Gasteiger partial charge on any atom is -0.399 e. The van der Waals surface area contributed by atoms with E-state index in [-0.39, 0.29) is 5.91 Å². The normalized spacial score (nSPS) is 21.4. The summed E-state index contributed by atoms with van der Waals surface area (Å²) in [6.45, 7) is 4.19. The first-order chi connectivity index (χ1) is 9.04. The molecule has 1 aliphatic rings. The van der Waals surface area contributed by atoms with E-state index >= 15 is 0 Å². The Balaban J connectivity index is 1.69. The average molecular weight is 261 g/mol. The molecule has 19 heavy (non-hydrogen) atoms. The number of amides is 1. The van der Waals surface area contributed by atoms with Gasteiger partial charge in [-0.25, -0.2) is 0 Å². The second-order valence-corrected chi connectivity index (χ2v) is 5.66. The number of hydrogen-bond acceptors (Lipinski definition) is 3. The Morgan fingerprint density at radius 1 is 1.53 bits per heavy atom. The van der Waals surface area contributed by atoms with Gasteiger partial charge in [0.05, 0.1) is 0 Å². The summed E-state index contributed by atoms with van der Waals surface area (Å²) in [5, 5.41) is 2.87. The molecule has 4 nitrogen and oxygen atoms in total. The number of carbonyl (C=O) groups excluding carboxylic acids is 1. The van der Waals surface area contributed by atoms with Gasteiger partial charge in [0, 0.05) is 30.9 Å². The average Bonchev–Trinajstić information content (AvgIpc) is 3.02. The number of rotatable bonds is 6. The quantitative estimate of drug-likeness (QED) is 0.772. The summed E-state index contributed by atoms with van der Waals surface area (Å²) < 4.78 is 0. The van der Waals surface area contributed by atoms with E-state index in [0.717, 1.165) is 30.6 Å². The number of hydrogen-bond donors (Lipinski definition) is 2. The van der Waals surface area contributed by atoms with Crippen LogP contribution in [0.15, 0.2) is 24.3 Å². The highest BCUT2D eigenvalue weighted by Crippen LogP contribution is 2.37. The van der Waals surface area contributed by atoms with Crippen molar-refractivity contribution < 1.29 is 4.79 Å². The molecule has 1 aromatic carbocycles. The van der Waals surface area contributed by atoms with Crippen molar-refractivity contribution in [2.75, 3.05) is 31.2 Å². The highest BCUT2D eigenvalue weighted by Gasteiger charge is 2.32. The van der Waals surface area contributed by atoms with Gasteiger partial charge in [0.2, 0.25) is 5.91 Å². The summed E-state index contributed by atoms with van der Waals surface area (Å²) in [7, 11) is 2.08. The molecule has 0 saturated heterocycles. The number of nitrogens with zero attached hydrogens (tertiary/aromatic N) is 1. The number of benzene rings is 1. The van der Waals surface area contributed by atoms with E-state index in [1.165, 1.54) is 6.42 Å². The van der Waals surface area contributed by atoms with Gasteiger partial charge in [0.1, 0.15) is 0 Å². The Kier molecular flexibility index (Phi) is 4.43. The van der Waals surface area contributed by atoms with Crippen LogP contribution in [-0.2, 0) is 4.79 Å². The van der Waals surface area contributed by atoms with Crippen LogP contribution < -0.4 is 11.1 Å². The topological polar surface area (TPSA) is 58.4 Å². The molecule has 3 N–H and O–H groups in total. The molecule has 0 spiro atoms.